The van der Waals surface area contributed by atoms with Crippen molar-refractivity contribution in [1.29, 1.82) is 0 Å². The zero-order valence-electron chi connectivity index (χ0n) is 17.3. The summed E-state index contributed by atoms with van der Waals surface area (Å²) in [6, 6.07) is 16.4. The highest BCUT2D eigenvalue weighted by molar-refractivity contribution is 8.03. The van der Waals surface area contributed by atoms with Crippen LogP contribution in [0, 0.1) is 5.82 Å². The van der Waals surface area contributed by atoms with Crippen LogP contribution in [0.5, 0.6) is 0 Å². The average molecular weight is 436 g/mol. The van der Waals surface area contributed by atoms with Gasteiger partial charge in [-0.2, -0.15) is 0 Å². The summed E-state index contributed by atoms with van der Waals surface area (Å²) in [7, 11) is 0. The van der Waals surface area contributed by atoms with Crippen molar-refractivity contribution < 1.29 is 13.7 Å². The molecule has 1 aromatic heterocycles. The summed E-state index contributed by atoms with van der Waals surface area (Å²) in [4.78, 5) is 17.8. The molecule has 2 aromatic carbocycles. The van der Waals surface area contributed by atoms with Crippen LogP contribution in [0.4, 0.5) is 10.2 Å². The quantitative estimate of drug-likeness (QED) is 0.495. The fraction of sp³-hybridized carbons (Fsp3) is 0.125. The van der Waals surface area contributed by atoms with E-state index in [0.29, 0.717) is 17.1 Å². The second-order valence-corrected chi connectivity index (χ2v) is 7.86. The molecular formula is C24H22FN3O2S. The number of hydrogen-bond acceptors (Lipinski definition) is 5. The molecule has 2 heterocycles. The fourth-order valence-corrected chi connectivity index (χ4v) is 3.70. The maximum atomic E-state index is 14.1. The fourth-order valence-electron chi connectivity index (χ4n) is 2.76. The molecule has 1 amide bonds. The minimum Gasteiger partial charge on any atom is -0.363 e. The minimum absolute atomic E-state index is 0.145. The Bertz CT molecular complexity index is 1140. The van der Waals surface area contributed by atoms with Crippen LogP contribution < -0.4 is 5.32 Å². The number of benzene rings is 2. The molecule has 0 radical (unpaired) electrons. The maximum absolute atomic E-state index is 14.1. The van der Waals surface area contributed by atoms with Gasteiger partial charge in [-0.05, 0) is 32.0 Å². The van der Waals surface area contributed by atoms with Gasteiger partial charge >= 0.3 is 0 Å². The third-order valence-corrected chi connectivity index (χ3v) is 5.54. The zero-order valence-corrected chi connectivity index (χ0v) is 18.1. The number of thioether (sulfide) groups is 1. The summed E-state index contributed by atoms with van der Waals surface area (Å²) in [5.41, 5.74) is 3.18. The van der Waals surface area contributed by atoms with Crippen LogP contribution in [-0.2, 0) is 4.79 Å². The van der Waals surface area contributed by atoms with E-state index >= 15 is 0 Å². The van der Waals surface area contributed by atoms with E-state index < -0.39 is 0 Å². The van der Waals surface area contributed by atoms with E-state index in [0.717, 1.165) is 21.1 Å². The largest absolute Gasteiger partial charge is 0.363 e. The van der Waals surface area contributed by atoms with Gasteiger partial charge in [-0.3, -0.25) is 9.79 Å². The topological polar surface area (TPSA) is 67.5 Å². The molecule has 3 aromatic rings. The van der Waals surface area contributed by atoms with E-state index in [1.807, 2.05) is 38.1 Å². The van der Waals surface area contributed by atoms with E-state index in [9.17, 15) is 9.18 Å². The van der Waals surface area contributed by atoms with Crippen LogP contribution in [0.2, 0.25) is 0 Å². The summed E-state index contributed by atoms with van der Waals surface area (Å²) in [6.45, 7) is 7.44. The number of amides is 1. The standard InChI is InChI=1S/C17H14FNS.C7H8N2O2/c1-11-12(2)20-16-10-6-4-8-14(16)17(19-11)13-7-3-5-9-15(13)18;1-2-3-7(10)8-6-4-5-11-9-6/h3-10H,1-2H3;2,4-5H,1,3H2,(H,8,9,10). The van der Waals surface area contributed by atoms with Gasteiger partial charge in [-0.1, -0.05) is 53.3 Å². The lowest BCUT2D eigenvalue weighted by molar-refractivity contribution is -0.115. The van der Waals surface area contributed by atoms with Crippen LogP contribution in [-0.4, -0.2) is 16.8 Å². The van der Waals surface area contributed by atoms with Gasteiger partial charge in [0.25, 0.3) is 0 Å². The Morgan fingerprint density at radius 3 is 2.52 bits per heavy atom. The Kier molecular flexibility index (Phi) is 7.56. The highest BCUT2D eigenvalue weighted by atomic mass is 32.2. The molecule has 0 aliphatic carbocycles. The van der Waals surface area contributed by atoms with Crippen molar-refractivity contribution in [2.75, 3.05) is 5.32 Å². The lowest BCUT2D eigenvalue weighted by atomic mass is 10.0. The molecule has 0 spiro atoms. The van der Waals surface area contributed by atoms with Crippen LogP contribution >= 0.6 is 11.8 Å². The third-order valence-electron chi connectivity index (χ3n) is 4.36. The van der Waals surface area contributed by atoms with Gasteiger partial charge in [0.2, 0.25) is 5.91 Å². The van der Waals surface area contributed by atoms with E-state index in [1.165, 1.54) is 18.4 Å². The predicted molar refractivity (Wildman–Crippen MR) is 123 cm³/mol. The van der Waals surface area contributed by atoms with Crippen molar-refractivity contribution in [3.8, 4) is 0 Å². The number of nitrogens with zero attached hydrogens (tertiary/aromatic N) is 2. The first-order chi connectivity index (χ1) is 15.0. The molecule has 31 heavy (non-hydrogen) atoms. The second-order valence-electron chi connectivity index (χ2n) is 6.61. The molecule has 1 aliphatic rings. The Morgan fingerprint density at radius 1 is 1.13 bits per heavy atom. The van der Waals surface area contributed by atoms with Crippen molar-refractivity contribution >= 4 is 29.2 Å². The molecular weight excluding hydrogens is 413 g/mol. The first-order valence-corrected chi connectivity index (χ1v) is 10.4. The van der Waals surface area contributed by atoms with Crippen molar-refractivity contribution in [2.45, 2.75) is 25.2 Å². The van der Waals surface area contributed by atoms with E-state index in [4.69, 9.17) is 0 Å². The first-order valence-electron chi connectivity index (χ1n) is 9.59. The summed E-state index contributed by atoms with van der Waals surface area (Å²) in [5.74, 6) is 0.0455. The molecule has 0 saturated heterocycles. The van der Waals surface area contributed by atoms with Gasteiger partial charge in [0.1, 0.15) is 12.1 Å². The second kappa shape index (κ2) is 10.5. The molecule has 1 aliphatic heterocycles. The molecule has 7 heteroatoms. The predicted octanol–water partition coefficient (Wildman–Crippen LogP) is 6.21. The lowest BCUT2D eigenvalue weighted by Crippen LogP contribution is -2.09. The van der Waals surface area contributed by atoms with Gasteiger partial charge in [0, 0.05) is 39.1 Å². The smallest absolute Gasteiger partial charge is 0.229 e. The molecule has 0 saturated carbocycles. The van der Waals surface area contributed by atoms with Crippen LogP contribution in [0.15, 0.2) is 98.5 Å². The molecule has 1 N–H and O–H groups in total. The number of carbonyl (C=O) groups excluding carboxylic acids is 1. The number of aromatic nitrogens is 1. The number of allylic oxidation sites excluding steroid dienone is 2. The highest BCUT2D eigenvalue weighted by Crippen LogP contribution is 2.36. The molecule has 4 rings (SSSR count). The monoisotopic (exact) mass is 435 g/mol. The Balaban J connectivity index is 0.000000210. The van der Waals surface area contributed by atoms with E-state index in [1.54, 1.807) is 30.0 Å². The van der Waals surface area contributed by atoms with Crippen LogP contribution in [0.25, 0.3) is 0 Å². The van der Waals surface area contributed by atoms with Crippen molar-refractivity contribution in [3.05, 3.63) is 101 Å². The molecule has 0 unspecified atom stereocenters. The van der Waals surface area contributed by atoms with Gasteiger partial charge in [0.15, 0.2) is 5.82 Å². The summed E-state index contributed by atoms with van der Waals surface area (Å²) >= 11 is 1.69. The Morgan fingerprint density at radius 2 is 1.84 bits per heavy atom. The average Bonchev–Trinajstić information content (AvgIpc) is 3.22. The van der Waals surface area contributed by atoms with Gasteiger partial charge in [-0.15, -0.1) is 6.58 Å². The Hall–Kier alpha value is -3.45. The summed E-state index contributed by atoms with van der Waals surface area (Å²) < 4.78 is 18.6. The summed E-state index contributed by atoms with van der Waals surface area (Å²) in [6.07, 6.45) is 3.20. The number of rotatable bonds is 4. The number of anilines is 1. The van der Waals surface area contributed by atoms with Gasteiger partial charge in [0.05, 0.1) is 5.71 Å². The lowest BCUT2D eigenvalue weighted by Gasteiger charge is -2.10. The zero-order chi connectivity index (χ0) is 22.2. The van der Waals surface area contributed by atoms with Crippen molar-refractivity contribution in [2.24, 2.45) is 4.99 Å². The number of halogens is 1. The third kappa shape index (κ3) is 5.79. The molecule has 158 valence electrons. The molecule has 0 bridgehead atoms. The summed E-state index contributed by atoms with van der Waals surface area (Å²) in [5, 5.41) is 6.00. The van der Waals surface area contributed by atoms with Crippen LogP contribution in [0.3, 0.4) is 0 Å². The van der Waals surface area contributed by atoms with Gasteiger partial charge < -0.3 is 9.84 Å². The van der Waals surface area contributed by atoms with E-state index in [2.05, 4.69) is 32.6 Å². The maximum Gasteiger partial charge on any atom is 0.229 e. The molecule has 0 atom stereocenters. The van der Waals surface area contributed by atoms with Crippen molar-refractivity contribution in [1.82, 2.24) is 5.16 Å². The number of nitrogens with one attached hydrogen (secondary N) is 1. The highest BCUT2D eigenvalue weighted by Gasteiger charge is 2.19. The van der Waals surface area contributed by atoms with Gasteiger partial charge in [-0.25, -0.2) is 4.39 Å². The number of carbonyl (C=O) groups is 1. The number of fused-ring (bicyclic) bond motifs is 1. The normalized spacial score (nSPS) is 12.7. The Labute approximate surface area is 184 Å². The number of aliphatic imine (C=N–C) groups is 1. The van der Waals surface area contributed by atoms with E-state index in [-0.39, 0.29) is 18.1 Å². The number of hydrogen-bond donors (Lipinski definition) is 1. The SMILES string of the molecule is C=CCC(=O)Nc1ccon1.CC1=C(C)Sc2ccccc2C(c2ccccc2F)=N1. The van der Waals surface area contributed by atoms with Crippen molar-refractivity contribution in [3.63, 3.8) is 0 Å². The molecule has 5 nitrogen and oxygen atoms in total. The first kappa shape index (κ1) is 22.2. The molecule has 0 fully saturated rings. The minimum atomic E-state index is -0.238. The van der Waals surface area contributed by atoms with Crippen LogP contribution in [0.1, 0.15) is 31.4 Å².